The molecule has 0 aliphatic heterocycles. The van der Waals surface area contributed by atoms with Crippen LogP contribution in [0.25, 0.3) is 5.69 Å². The summed E-state index contributed by atoms with van der Waals surface area (Å²) in [7, 11) is 0. The first kappa shape index (κ1) is 17.4. The van der Waals surface area contributed by atoms with E-state index in [0.717, 1.165) is 5.69 Å². The average Bonchev–Trinajstić information content (AvgIpc) is 3.06. The van der Waals surface area contributed by atoms with Crippen LogP contribution in [0.1, 0.15) is 34.6 Å². The summed E-state index contributed by atoms with van der Waals surface area (Å²) in [6.07, 6.45) is 1.46. The average molecular weight is 348 g/mol. The van der Waals surface area contributed by atoms with Gasteiger partial charge in [0.2, 0.25) is 0 Å². The molecule has 3 aromatic rings. The molecule has 1 heterocycles. The summed E-state index contributed by atoms with van der Waals surface area (Å²) in [5.41, 5.74) is 1.56. The van der Waals surface area contributed by atoms with Crippen molar-refractivity contribution in [1.82, 2.24) is 15.1 Å². The van der Waals surface area contributed by atoms with Crippen LogP contribution in [-0.2, 0) is 0 Å². The lowest BCUT2D eigenvalue weighted by Crippen LogP contribution is -2.31. The number of hydrogen-bond donors (Lipinski definition) is 2. The van der Waals surface area contributed by atoms with Crippen LogP contribution in [0.5, 0.6) is 0 Å². The van der Waals surface area contributed by atoms with Crippen LogP contribution < -0.4 is 10.6 Å². The molecule has 132 valence electrons. The molecule has 0 atom stereocenters. The zero-order chi connectivity index (χ0) is 18.5. The second-order valence-electron chi connectivity index (χ2n) is 6.10. The number of nitrogens with one attached hydrogen (secondary N) is 2. The Hall–Kier alpha value is -3.41. The number of nitrogens with zero attached hydrogens (tertiary/aromatic N) is 2. The summed E-state index contributed by atoms with van der Waals surface area (Å²) in [6.45, 7) is 3.75. The third-order valence-corrected chi connectivity index (χ3v) is 3.70. The normalized spacial score (nSPS) is 10.6. The fourth-order valence-electron chi connectivity index (χ4n) is 2.51. The number of amides is 2. The minimum Gasteiger partial charge on any atom is -0.350 e. The fraction of sp³-hybridized carbons (Fsp3) is 0.150. The third-order valence-electron chi connectivity index (χ3n) is 3.70. The highest BCUT2D eigenvalue weighted by Gasteiger charge is 2.21. The van der Waals surface area contributed by atoms with Gasteiger partial charge < -0.3 is 10.6 Å². The molecular formula is C20H20N4O2. The molecule has 0 unspecified atom stereocenters. The van der Waals surface area contributed by atoms with E-state index in [1.54, 1.807) is 28.9 Å². The SMILES string of the molecule is CC(C)NC(=O)c1cnn(-c2ccccc2)c1NC(=O)c1ccccc1. The van der Waals surface area contributed by atoms with E-state index in [4.69, 9.17) is 0 Å². The lowest BCUT2D eigenvalue weighted by molar-refractivity contribution is 0.0944. The molecule has 1 aromatic heterocycles. The van der Waals surface area contributed by atoms with Crippen molar-refractivity contribution in [3.63, 3.8) is 0 Å². The molecule has 0 saturated heterocycles. The summed E-state index contributed by atoms with van der Waals surface area (Å²) >= 11 is 0. The Morgan fingerprint density at radius 1 is 0.923 bits per heavy atom. The maximum absolute atomic E-state index is 12.6. The van der Waals surface area contributed by atoms with E-state index in [0.29, 0.717) is 16.9 Å². The van der Waals surface area contributed by atoms with Crippen molar-refractivity contribution < 1.29 is 9.59 Å². The monoisotopic (exact) mass is 348 g/mol. The van der Waals surface area contributed by atoms with Crippen molar-refractivity contribution in [3.05, 3.63) is 78.0 Å². The van der Waals surface area contributed by atoms with Gasteiger partial charge in [-0.15, -0.1) is 0 Å². The standard InChI is InChI=1S/C20H20N4O2/c1-14(2)22-20(26)17-13-21-24(16-11-7-4-8-12-16)18(17)23-19(25)15-9-5-3-6-10-15/h3-14H,1-2H3,(H,22,26)(H,23,25). The van der Waals surface area contributed by atoms with Crippen LogP contribution in [0.4, 0.5) is 5.82 Å². The number of carbonyl (C=O) groups excluding carboxylic acids is 2. The molecule has 0 saturated carbocycles. The lowest BCUT2D eigenvalue weighted by atomic mass is 10.2. The van der Waals surface area contributed by atoms with Crippen LogP contribution >= 0.6 is 0 Å². The van der Waals surface area contributed by atoms with Gasteiger partial charge in [0.05, 0.1) is 11.9 Å². The fourth-order valence-corrected chi connectivity index (χ4v) is 2.51. The number of benzene rings is 2. The molecule has 26 heavy (non-hydrogen) atoms. The van der Waals surface area contributed by atoms with Gasteiger partial charge in [0.1, 0.15) is 11.4 Å². The zero-order valence-corrected chi connectivity index (χ0v) is 14.6. The van der Waals surface area contributed by atoms with Crippen molar-refractivity contribution >= 4 is 17.6 Å². The van der Waals surface area contributed by atoms with Gasteiger partial charge in [-0.1, -0.05) is 36.4 Å². The van der Waals surface area contributed by atoms with Gasteiger partial charge >= 0.3 is 0 Å². The van der Waals surface area contributed by atoms with E-state index in [2.05, 4.69) is 15.7 Å². The first-order valence-electron chi connectivity index (χ1n) is 8.37. The summed E-state index contributed by atoms with van der Waals surface area (Å²) in [4.78, 5) is 25.1. The van der Waals surface area contributed by atoms with Crippen molar-refractivity contribution in [3.8, 4) is 5.69 Å². The van der Waals surface area contributed by atoms with Gasteiger partial charge in [-0.25, -0.2) is 4.68 Å². The lowest BCUT2D eigenvalue weighted by Gasteiger charge is -2.12. The van der Waals surface area contributed by atoms with Gasteiger partial charge in [0, 0.05) is 11.6 Å². The highest BCUT2D eigenvalue weighted by Crippen LogP contribution is 2.21. The molecule has 2 amide bonds. The molecule has 6 nitrogen and oxygen atoms in total. The van der Waals surface area contributed by atoms with Gasteiger partial charge in [-0.3, -0.25) is 9.59 Å². The van der Waals surface area contributed by atoms with E-state index in [1.165, 1.54) is 6.20 Å². The Balaban J connectivity index is 2.00. The molecule has 6 heteroatoms. The first-order valence-corrected chi connectivity index (χ1v) is 8.37. The van der Waals surface area contributed by atoms with Crippen molar-refractivity contribution in [2.75, 3.05) is 5.32 Å². The van der Waals surface area contributed by atoms with Crippen LogP contribution in [-0.4, -0.2) is 27.6 Å². The largest absolute Gasteiger partial charge is 0.350 e. The Kier molecular flexibility index (Phi) is 5.12. The summed E-state index contributed by atoms with van der Waals surface area (Å²) < 4.78 is 1.55. The number of rotatable bonds is 5. The predicted molar refractivity (Wildman–Crippen MR) is 101 cm³/mol. The minimum absolute atomic E-state index is 0.0275. The quantitative estimate of drug-likeness (QED) is 0.743. The number of para-hydroxylation sites is 1. The van der Waals surface area contributed by atoms with Crippen LogP contribution in [0, 0.1) is 0 Å². The maximum Gasteiger partial charge on any atom is 0.256 e. The number of carbonyl (C=O) groups is 2. The topological polar surface area (TPSA) is 76.0 Å². The highest BCUT2D eigenvalue weighted by molar-refractivity contribution is 6.08. The molecule has 0 aliphatic carbocycles. The van der Waals surface area contributed by atoms with Crippen LogP contribution in [0.3, 0.4) is 0 Å². The zero-order valence-electron chi connectivity index (χ0n) is 14.6. The molecule has 0 aliphatic rings. The van der Waals surface area contributed by atoms with Gasteiger partial charge in [-0.05, 0) is 38.1 Å². The molecular weight excluding hydrogens is 328 g/mol. The third kappa shape index (κ3) is 3.80. The van der Waals surface area contributed by atoms with E-state index >= 15 is 0 Å². The first-order chi connectivity index (χ1) is 12.6. The smallest absolute Gasteiger partial charge is 0.256 e. The maximum atomic E-state index is 12.6. The van der Waals surface area contributed by atoms with Crippen molar-refractivity contribution in [2.45, 2.75) is 19.9 Å². The Labute approximate surface area is 151 Å². The van der Waals surface area contributed by atoms with Crippen molar-refractivity contribution in [1.29, 1.82) is 0 Å². The minimum atomic E-state index is -0.304. The molecule has 2 N–H and O–H groups in total. The van der Waals surface area contributed by atoms with E-state index < -0.39 is 0 Å². The van der Waals surface area contributed by atoms with Gasteiger partial charge in [0.25, 0.3) is 11.8 Å². The predicted octanol–water partition coefficient (Wildman–Crippen LogP) is 3.26. The Bertz CT molecular complexity index is 902. The van der Waals surface area contributed by atoms with Crippen molar-refractivity contribution in [2.24, 2.45) is 0 Å². The van der Waals surface area contributed by atoms with E-state index in [1.807, 2.05) is 50.2 Å². The summed E-state index contributed by atoms with van der Waals surface area (Å²) in [5.74, 6) is -0.254. The molecule has 0 fully saturated rings. The highest BCUT2D eigenvalue weighted by atomic mass is 16.2. The van der Waals surface area contributed by atoms with Crippen LogP contribution in [0.2, 0.25) is 0 Å². The van der Waals surface area contributed by atoms with E-state index in [9.17, 15) is 9.59 Å². The van der Waals surface area contributed by atoms with Gasteiger partial charge in [-0.2, -0.15) is 5.10 Å². The van der Waals surface area contributed by atoms with Crippen LogP contribution in [0.15, 0.2) is 66.9 Å². The number of aromatic nitrogens is 2. The molecule has 0 spiro atoms. The number of hydrogen-bond acceptors (Lipinski definition) is 3. The summed E-state index contributed by atoms with van der Waals surface area (Å²) in [5, 5.41) is 9.97. The Morgan fingerprint density at radius 3 is 2.15 bits per heavy atom. The molecule has 0 radical (unpaired) electrons. The second kappa shape index (κ2) is 7.65. The molecule has 0 bridgehead atoms. The second-order valence-corrected chi connectivity index (χ2v) is 6.10. The summed E-state index contributed by atoms with van der Waals surface area (Å²) in [6, 6.07) is 18.2. The Morgan fingerprint density at radius 2 is 1.54 bits per heavy atom. The molecule has 2 aromatic carbocycles. The number of anilines is 1. The molecule has 3 rings (SSSR count). The van der Waals surface area contributed by atoms with E-state index in [-0.39, 0.29) is 17.9 Å². The van der Waals surface area contributed by atoms with Gasteiger partial charge in [0.15, 0.2) is 0 Å².